The Kier molecular flexibility index (Phi) is 3.92. The van der Waals surface area contributed by atoms with Crippen LogP contribution in [0.25, 0.3) is 0 Å². The van der Waals surface area contributed by atoms with Crippen LogP contribution >= 0.6 is 0 Å². The van der Waals surface area contributed by atoms with E-state index >= 15 is 0 Å². The Balaban J connectivity index is 2.27. The van der Waals surface area contributed by atoms with Gasteiger partial charge in [-0.15, -0.1) is 0 Å². The zero-order chi connectivity index (χ0) is 14.9. The Morgan fingerprint density at radius 2 is 2.10 bits per heavy atom. The van der Waals surface area contributed by atoms with Crippen LogP contribution in [0.15, 0.2) is 12.1 Å². The predicted molar refractivity (Wildman–Crippen MR) is 74.7 cm³/mol. The largest absolute Gasteiger partial charge is 0.478 e. The molecule has 0 aromatic carbocycles. The van der Waals surface area contributed by atoms with Gasteiger partial charge in [-0.25, -0.2) is 9.78 Å². The molecular formula is C14H19N3O3. The number of hydrogen-bond acceptors (Lipinski definition) is 4. The number of pyridine rings is 1. The Morgan fingerprint density at radius 1 is 1.40 bits per heavy atom. The van der Waals surface area contributed by atoms with Crippen LogP contribution in [0.5, 0.6) is 0 Å². The van der Waals surface area contributed by atoms with Crippen molar-refractivity contribution >= 4 is 17.7 Å². The topological polar surface area (TPSA) is 96.5 Å². The van der Waals surface area contributed by atoms with Crippen LogP contribution in [0, 0.1) is 12.8 Å². The molecule has 3 N–H and O–H groups in total. The number of aromatic carboxylic acids is 1. The molecule has 2 unspecified atom stereocenters. The van der Waals surface area contributed by atoms with Gasteiger partial charge in [0.1, 0.15) is 5.82 Å². The molecule has 6 heteroatoms. The Morgan fingerprint density at radius 3 is 2.65 bits per heavy atom. The van der Waals surface area contributed by atoms with Gasteiger partial charge in [-0.3, -0.25) is 4.79 Å². The van der Waals surface area contributed by atoms with Crippen LogP contribution in [0.1, 0.15) is 35.8 Å². The number of nitrogens with two attached hydrogens (primary N) is 1. The first-order valence-corrected chi connectivity index (χ1v) is 6.67. The summed E-state index contributed by atoms with van der Waals surface area (Å²) in [4.78, 5) is 28.7. The number of anilines is 1. The first-order chi connectivity index (χ1) is 9.40. The number of nitrogens with zero attached hydrogens (tertiary/aromatic N) is 2. The van der Waals surface area contributed by atoms with Crippen LogP contribution in [0.3, 0.4) is 0 Å². The van der Waals surface area contributed by atoms with E-state index in [4.69, 9.17) is 10.8 Å². The monoisotopic (exact) mass is 277 g/mol. The van der Waals surface area contributed by atoms with Crippen LogP contribution in [0.4, 0.5) is 5.82 Å². The Labute approximate surface area is 117 Å². The minimum absolute atomic E-state index is 0.174. The van der Waals surface area contributed by atoms with E-state index < -0.39 is 5.97 Å². The Hall–Kier alpha value is -2.11. The molecule has 0 aliphatic carbocycles. The number of carboxylic acids is 1. The molecule has 0 saturated carbocycles. The van der Waals surface area contributed by atoms with Crippen molar-refractivity contribution in [2.75, 3.05) is 11.4 Å². The number of aromatic nitrogens is 1. The highest BCUT2D eigenvalue weighted by atomic mass is 16.4. The van der Waals surface area contributed by atoms with E-state index in [1.54, 1.807) is 19.1 Å². The average molecular weight is 277 g/mol. The SMILES string of the molecule is Cc1nc(N2CC(C(N)=O)CCC2C)ccc1C(=O)O. The normalized spacial score (nSPS) is 22.6. The minimum Gasteiger partial charge on any atom is -0.478 e. The highest BCUT2D eigenvalue weighted by molar-refractivity contribution is 5.89. The summed E-state index contributed by atoms with van der Waals surface area (Å²) in [5, 5.41) is 9.02. The van der Waals surface area contributed by atoms with Crippen molar-refractivity contribution in [2.24, 2.45) is 11.7 Å². The maximum Gasteiger partial charge on any atom is 0.337 e. The number of piperidine rings is 1. The molecule has 1 aromatic rings. The van der Waals surface area contributed by atoms with Crippen LogP contribution < -0.4 is 10.6 Å². The van der Waals surface area contributed by atoms with E-state index in [0.717, 1.165) is 12.8 Å². The number of primary amides is 1. The molecule has 1 aliphatic heterocycles. The second-order valence-corrected chi connectivity index (χ2v) is 5.29. The molecule has 2 rings (SSSR count). The average Bonchev–Trinajstić information content (AvgIpc) is 2.38. The molecule has 0 spiro atoms. The van der Waals surface area contributed by atoms with Gasteiger partial charge in [0.25, 0.3) is 0 Å². The molecule has 1 fully saturated rings. The third-order valence-corrected chi connectivity index (χ3v) is 3.88. The number of aryl methyl sites for hydroxylation is 1. The Bertz CT molecular complexity index is 544. The van der Waals surface area contributed by atoms with Gasteiger partial charge in [0.15, 0.2) is 0 Å². The molecule has 1 aliphatic rings. The molecular weight excluding hydrogens is 258 g/mol. The van der Waals surface area contributed by atoms with Crippen LogP contribution in [-0.2, 0) is 4.79 Å². The zero-order valence-corrected chi connectivity index (χ0v) is 11.7. The fraction of sp³-hybridized carbons (Fsp3) is 0.500. The number of hydrogen-bond donors (Lipinski definition) is 2. The lowest BCUT2D eigenvalue weighted by molar-refractivity contribution is -0.122. The number of rotatable bonds is 3. The molecule has 108 valence electrons. The highest BCUT2D eigenvalue weighted by Gasteiger charge is 2.29. The lowest BCUT2D eigenvalue weighted by Crippen LogP contribution is -2.46. The predicted octanol–water partition coefficient (Wildman–Crippen LogP) is 1.18. The molecule has 0 bridgehead atoms. The van der Waals surface area contributed by atoms with Gasteiger partial charge < -0.3 is 15.7 Å². The lowest BCUT2D eigenvalue weighted by atomic mass is 9.93. The molecule has 0 radical (unpaired) electrons. The summed E-state index contributed by atoms with van der Waals surface area (Å²) in [6.45, 7) is 4.28. The zero-order valence-electron chi connectivity index (χ0n) is 11.7. The molecule has 2 atom stereocenters. The van der Waals surface area contributed by atoms with Gasteiger partial charge in [0.05, 0.1) is 17.2 Å². The van der Waals surface area contributed by atoms with E-state index in [1.165, 1.54) is 0 Å². The van der Waals surface area contributed by atoms with Gasteiger partial charge in [-0.1, -0.05) is 0 Å². The van der Waals surface area contributed by atoms with E-state index in [0.29, 0.717) is 18.1 Å². The quantitative estimate of drug-likeness (QED) is 0.864. The van der Waals surface area contributed by atoms with E-state index in [9.17, 15) is 9.59 Å². The summed E-state index contributed by atoms with van der Waals surface area (Å²) in [6.07, 6.45) is 1.66. The maximum absolute atomic E-state index is 11.3. The smallest absolute Gasteiger partial charge is 0.337 e. The lowest BCUT2D eigenvalue weighted by Gasteiger charge is -2.37. The summed E-state index contributed by atoms with van der Waals surface area (Å²) in [5.74, 6) is -0.748. The molecule has 1 saturated heterocycles. The van der Waals surface area contributed by atoms with Crippen molar-refractivity contribution in [1.82, 2.24) is 4.98 Å². The standard InChI is InChI=1S/C14H19N3O3/c1-8-3-4-10(13(15)18)7-17(8)12-6-5-11(14(19)20)9(2)16-12/h5-6,8,10H,3-4,7H2,1-2H3,(H2,15,18)(H,19,20). The van der Waals surface area contributed by atoms with Crippen LogP contribution in [-0.4, -0.2) is 34.6 Å². The minimum atomic E-state index is -0.983. The third-order valence-electron chi connectivity index (χ3n) is 3.88. The van der Waals surface area contributed by atoms with Gasteiger partial charge in [-0.05, 0) is 38.8 Å². The maximum atomic E-state index is 11.3. The molecule has 2 heterocycles. The summed E-state index contributed by atoms with van der Waals surface area (Å²) >= 11 is 0. The number of carboxylic acid groups (broad SMARTS) is 1. The first-order valence-electron chi connectivity index (χ1n) is 6.67. The van der Waals surface area contributed by atoms with Gasteiger partial charge >= 0.3 is 5.97 Å². The van der Waals surface area contributed by atoms with Crippen LogP contribution in [0.2, 0.25) is 0 Å². The van der Waals surface area contributed by atoms with Crippen molar-refractivity contribution in [2.45, 2.75) is 32.7 Å². The second kappa shape index (κ2) is 5.48. The molecule has 6 nitrogen and oxygen atoms in total. The van der Waals surface area contributed by atoms with Gasteiger partial charge in [-0.2, -0.15) is 0 Å². The number of carbonyl (C=O) groups is 2. The fourth-order valence-electron chi connectivity index (χ4n) is 2.59. The highest BCUT2D eigenvalue weighted by Crippen LogP contribution is 2.27. The fourth-order valence-corrected chi connectivity index (χ4v) is 2.59. The van der Waals surface area contributed by atoms with E-state index in [-0.39, 0.29) is 23.4 Å². The number of carbonyl (C=O) groups excluding carboxylic acids is 1. The summed E-state index contributed by atoms with van der Waals surface area (Å²) in [7, 11) is 0. The van der Waals surface area contributed by atoms with Gasteiger partial charge in [0.2, 0.25) is 5.91 Å². The summed E-state index contributed by atoms with van der Waals surface area (Å²) in [6, 6.07) is 3.50. The molecule has 20 heavy (non-hydrogen) atoms. The van der Waals surface area contributed by atoms with Crippen molar-refractivity contribution < 1.29 is 14.7 Å². The van der Waals surface area contributed by atoms with Crippen molar-refractivity contribution in [3.05, 3.63) is 23.4 Å². The van der Waals surface area contributed by atoms with E-state index in [1.807, 2.05) is 4.90 Å². The third kappa shape index (κ3) is 2.74. The van der Waals surface area contributed by atoms with Crippen molar-refractivity contribution in [3.63, 3.8) is 0 Å². The second-order valence-electron chi connectivity index (χ2n) is 5.29. The number of amides is 1. The first kappa shape index (κ1) is 14.3. The van der Waals surface area contributed by atoms with Gasteiger partial charge in [0, 0.05) is 12.6 Å². The molecule has 1 amide bonds. The molecule has 1 aromatic heterocycles. The summed E-state index contributed by atoms with van der Waals surface area (Å²) in [5.41, 5.74) is 6.06. The van der Waals surface area contributed by atoms with E-state index in [2.05, 4.69) is 11.9 Å². The summed E-state index contributed by atoms with van der Waals surface area (Å²) < 4.78 is 0. The van der Waals surface area contributed by atoms with Crippen molar-refractivity contribution in [3.8, 4) is 0 Å². The van der Waals surface area contributed by atoms with Crippen molar-refractivity contribution in [1.29, 1.82) is 0 Å².